The summed E-state index contributed by atoms with van der Waals surface area (Å²) in [6, 6.07) is 12.5. The van der Waals surface area contributed by atoms with Crippen molar-refractivity contribution in [1.29, 1.82) is 0 Å². The van der Waals surface area contributed by atoms with E-state index in [4.69, 9.17) is 8.54 Å². The molecule has 128 valence electrons. The number of allylic oxidation sites excluding steroid dienone is 2. The molecule has 0 saturated heterocycles. The molecule has 1 aromatic carbocycles. The topological polar surface area (TPSA) is 18.5 Å². The van der Waals surface area contributed by atoms with Crippen molar-refractivity contribution >= 4 is 16.9 Å². The molecule has 0 bridgehead atoms. The first-order valence-corrected chi connectivity index (χ1v) is 14.2. The lowest BCUT2D eigenvalue weighted by molar-refractivity contribution is 0.152. The summed E-state index contributed by atoms with van der Waals surface area (Å²) in [6.07, 6.45) is 6.82. The molecule has 0 amide bonds. The van der Waals surface area contributed by atoms with Crippen LogP contribution in [-0.4, -0.2) is 16.9 Å². The van der Waals surface area contributed by atoms with Gasteiger partial charge in [-0.3, -0.25) is 0 Å². The van der Waals surface area contributed by atoms with E-state index in [0.717, 1.165) is 18.5 Å². The molecule has 0 fully saturated rings. The maximum atomic E-state index is 6.71. The number of hydrogen-bond donors (Lipinski definition) is 0. The third-order valence-electron chi connectivity index (χ3n) is 3.72. The van der Waals surface area contributed by atoms with Crippen molar-refractivity contribution in [3.63, 3.8) is 0 Å². The van der Waals surface area contributed by atoms with E-state index in [1.165, 1.54) is 5.56 Å². The van der Waals surface area contributed by atoms with Crippen LogP contribution in [0.4, 0.5) is 0 Å². The fourth-order valence-corrected chi connectivity index (χ4v) is 10.0. The van der Waals surface area contributed by atoms with Gasteiger partial charge in [-0.15, -0.1) is 0 Å². The van der Waals surface area contributed by atoms with Crippen LogP contribution >= 0.6 is 0 Å². The minimum atomic E-state index is -2.18. The number of hydrogen-bond acceptors (Lipinski definition) is 2. The fraction of sp³-hybridized carbons (Fsp3) is 0.474. The summed E-state index contributed by atoms with van der Waals surface area (Å²) in [6.45, 7) is 14.9. The van der Waals surface area contributed by atoms with E-state index >= 15 is 0 Å². The van der Waals surface area contributed by atoms with Gasteiger partial charge in [0.25, 0.3) is 0 Å². The van der Waals surface area contributed by atoms with Crippen LogP contribution < -0.4 is 0 Å². The SMILES string of the molecule is C=C/C=C/CC(O[Si](CC)(CC)O[Si](C)(C)C)c1ccccc1. The first-order valence-electron chi connectivity index (χ1n) is 8.56. The highest BCUT2D eigenvalue weighted by Crippen LogP contribution is 2.32. The van der Waals surface area contributed by atoms with Gasteiger partial charge in [0, 0.05) is 0 Å². The van der Waals surface area contributed by atoms with Gasteiger partial charge in [-0.2, -0.15) is 0 Å². The predicted octanol–water partition coefficient (Wildman–Crippen LogP) is 6.21. The van der Waals surface area contributed by atoms with E-state index in [-0.39, 0.29) is 6.10 Å². The van der Waals surface area contributed by atoms with Crippen molar-refractivity contribution in [2.75, 3.05) is 0 Å². The Kier molecular flexibility index (Phi) is 8.19. The smallest absolute Gasteiger partial charge is 0.327 e. The van der Waals surface area contributed by atoms with Gasteiger partial charge in [0.15, 0.2) is 8.32 Å². The molecular weight excluding hydrogens is 316 g/mol. The van der Waals surface area contributed by atoms with Crippen LogP contribution in [0.1, 0.15) is 31.9 Å². The van der Waals surface area contributed by atoms with Crippen LogP contribution in [0.5, 0.6) is 0 Å². The van der Waals surface area contributed by atoms with Gasteiger partial charge in [-0.1, -0.05) is 69.0 Å². The first kappa shape index (κ1) is 20.1. The molecule has 23 heavy (non-hydrogen) atoms. The molecule has 0 aromatic heterocycles. The molecule has 0 aliphatic rings. The monoisotopic (exact) mass is 348 g/mol. The summed E-state index contributed by atoms with van der Waals surface area (Å²) in [7, 11) is -3.82. The van der Waals surface area contributed by atoms with Crippen LogP contribution in [-0.2, 0) is 8.54 Å². The molecule has 0 spiro atoms. The summed E-state index contributed by atoms with van der Waals surface area (Å²) in [5.74, 6) is 0. The Labute approximate surface area is 144 Å². The molecule has 0 aliphatic heterocycles. The lowest BCUT2D eigenvalue weighted by Crippen LogP contribution is -2.49. The van der Waals surface area contributed by atoms with Gasteiger partial charge in [-0.05, 0) is 43.7 Å². The predicted molar refractivity (Wildman–Crippen MR) is 105 cm³/mol. The lowest BCUT2D eigenvalue weighted by Gasteiger charge is -2.38. The van der Waals surface area contributed by atoms with Gasteiger partial charge in [0.1, 0.15) is 0 Å². The van der Waals surface area contributed by atoms with Crippen LogP contribution in [0, 0.1) is 0 Å². The third-order valence-corrected chi connectivity index (χ3v) is 10.5. The van der Waals surface area contributed by atoms with E-state index in [1.54, 1.807) is 0 Å². The Balaban J connectivity index is 3.04. The quantitative estimate of drug-likeness (QED) is 0.369. The second-order valence-corrected chi connectivity index (χ2v) is 15.3. The van der Waals surface area contributed by atoms with Crippen molar-refractivity contribution in [2.24, 2.45) is 0 Å². The second-order valence-electron chi connectivity index (χ2n) is 6.75. The molecular formula is C19H32O2Si2. The molecule has 1 atom stereocenters. The normalized spacial score (nSPS) is 14.1. The maximum absolute atomic E-state index is 6.71. The van der Waals surface area contributed by atoms with Crippen LogP contribution in [0.2, 0.25) is 31.7 Å². The Bertz CT molecular complexity index is 488. The Morgan fingerprint density at radius 3 is 2.17 bits per heavy atom. The average molecular weight is 349 g/mol. The van der Waals surface area contributed by atoms with Crippen molar-refractivity contribution in [2.45, 2.75) is 58.1 Å². The molecule has 0 N–H and O–H groups in total. The van der Waals surface area contributed by atoms with Gasteiger partial charge in [-0.25, -0.2) is 0 Å². The standard InChI is InChI=1S/C19H32O2Si2/c1-7-10-12-17-19(18-15-13-11-14-16-18)20-23(8-2,9-3)21-22(4,5)6/h7,10-16,19H,1,8-9,17H2,2-6H3/b12-10+. The van der Waals surface area contributed by atoms with E-state index in [1.807, 2.05) is 18.2 Å². The summed E-state index contributed by atoms with van der Waals surface area (Å²) in [5, 5.41) is 0. The van der Waals surface area contributed by atoms with Gasteiger partial charge in [0.05, 0.1) is 6.10 Å². The zero-order valence-corrected chi connectivity index (χ0v) is 17.3. The van der Waals surface area contributed by atoms with Gasteiger partial charge in [0.2, 0.25) is 0 Å². The summed E-state index contributed by atoms with van der Waals surface area (Å²) < 4.78 is 13.3. The van der Waals surface area contributed by atoms with Crippen molar-refractivity contribution < 1.29 is 8.54 Å². The maximum Gasteiger partial charge on any atom is 0.327 e. The molecule has 1 aromatic rings. The number of rotatable bonds is 10. The Morgan fingerprint density at radius 2 is 1.70 bits per heavy atom. The first-order chi connectivity index (χ1) is 10.9. The molecule has 0 radical (unpaired) electrons. The molecule has 2 nitrogen and oxygen atoms in total. The fourth-order valence-electron chi connectivity index (χ4n) is 2.62. The highest BCUT2D eigenvalue weighted by molar-refractivity contribution is 6.82. The van der Waals surface area contributed by atoms with Crippen molar-refractivity contribution in [3.05, 3.63) is 60.7 Å². The molecule has 0 heterocycles. The lowest BCUT2D eigenvalue weighted by atomic mass is 10.1. The van der Waals surface area contributed by atoms with E-state index in [2.05, 4.69) is 70.4 Å². The van der Waals surface area contributed by atoms with Crippen LogP contribution in [0.25, 0.3) is 0 Å². The van der Waals surface area contributed by atoms with Gasteiger partial charge >= 0.3 is 8.56 Å². The van der Waals surface area contributed by atoms with Crippen molar-refractivity contribution in [1.82, 2.24) is 0 Å². The zero-order valence-electron chi connectivity index (χ0n) is 15.3. The highest BCUT2D eigenvalue weighted by Gasteiger charge is 2.40. The molecule has 0 saturated carbocycles. The largest absolute Gasteiger partial charge is 0.436 e. The molecule has 0 aliphatic carbocycles. The number of benzene rings is 1. The molecule has 1 unspecified atom stereocenters. The third kappa shape index (κ3) is 7.00. The Morgan fingerprint density at radius 1 is 1.09 bits per heavy atom. The Hall–Kier alpha value is -0.946. The summed E-state index contributed by atoms with van der Waals surface area (Å²) in [4.78, 5) is 0. The summed E-state index contributed by atoms with van der Waals surface area (Å²) >= 11 is 0. The zero-order chi connectivity index (χ0) is 17.3. The van der Waals surface area contributed by atoms with Gasteiger partial charge < -0.3 is 8.54 Å². The summed E-state index contributed by atoms with van der Waals surface area (Å²) in [5.41, 5.74) is 1.22. The highest BCUT2D eigenvalue weighted by atomic mass is 28.4. The van der Waals surface area contributed by atoms with E-state index < -0.39 is 16.9 Å². The van der Waals surface area contributed by atoms with Crippen LogP contribution in [0.3, 0.4) is 0 Å². The second kappa shape index (κ2) is 9.37. The molecule has 4 heteroatoms. The van der Waals surface area contributed by atoms with Crippen molar-refractivity contribution in [3.8, 4) is 0 Å². The minimum absolute atomic E-state index is 0.0512. The average Bonchev–Trinajstić information content (AvgIpc) is 2.53. The van der Waals surface area contributed by atoms with E-state index in [9.17, 15) is 0 Å². The molecule has 1 rings (SSSR count). The van der Waals surface area contributed by atoms with Crippen LogP contribution in [0.15, 0.2) is 55.1 Å². The minimum Gasteiger partial charge on any atom is -0.436 e. The van der Waals surface area contributed by atoms with E-state index in [0.29, 0.717) is 0 Å².